The number of rotatable bonds is 2. The van der Waals surface area contributed by atoms with E-state index >= 15 is 0 Å². The summed E-state index contributed by atoms with van der Waals surface area (Å²) in [6.45, 7) is -0.0804. The van der Waals surface area contributed by atoms with Crippen LogP contribution in [0.25, 0.3) is 0 Å². The van der Waals surface area contributed by atoms with Crippen molar-refractivity contribution in [2.75, 3.05) is 16.3 Å². The molecule has 3 amide bonds. The molecule has 2 aromatic rings. The quantitative estimate of drug-likeness (QED) is 0.835. The van der Waals surface area contributed by atoms with Crippen LogP contribution in [0.3, 0.4) is 0 Å². The van der Waals surface area contributed by atoms with Gasteiger partial charge >= 0.3 is 6.03 Å². The molecule has 19 heavy (non-hydrogen) atoms. The van der Waals surface area contributed by atoms with Gasteiger partial charge in [0.2, 0.25) is 5.88 Å². The Labute approximate surface area is 108 Å². The molecule has 1 saturated heterocycles. The Kier molecular flexibility index (Phi) is 2.49. The topological polar surface area (TPSA) is 74.0 Å². The summed E-state index contributed by atoms with van der Waals surface area (Å²) in [5.41, 5.74) is 0.465. The first-order chi connectivity index (χ1) is 9.16. The first kappa shape index (κ1) is 11.3. The number of amides is 3. The number of aromatic hydroxyl groups is 1. The SMILES string of the molecule is O=C1CN(c2cccc(O)c2)C(=O)N1c1ccco1. The first-order valence-corrected chi connectivity index (χ1v) is 5.64. The van der Waals surface area contributed by atoms with E-state index in [1.807, 2.05) is 0 Å². The smallest absolute Gasteiger partial charge is 0.338 e. The Hall–Kier alpha value is -2.76. The van der Waals surface area contributed by atoms with Crippen LogP contribution >= 0.6 is 0 Å². The second-order valence-corrected chi connectivity index (χ2v) is 4.07. The van der Waals surface area contributed by atoms with Gasteiger partial charge in [-0.25, -0.2) is 4.79 Å². The third-order valence-corrected chi connectivity index (χ3v) is 2.83. The Morgan fingerprint density at radius 3 is 2.68 bits per heavy atom. The van der Waals surface area contributed by atoms with Crippen molar-refractivity contribution >= 4 is 23.5 Å². The molecule has 0 saturated carbocycles. The maximum atomic E-state index is 12.2. The lowest BCUT2D eigenvalue weighted by atomic mass is 10.3. The Morgan fingerprint density at radius 2 is 2.00 bits per heavy atom. The summed E-state index contributed by atoms with van der Waals surface area (Å²) in [7, 11) is 0. The van der Waals surface area contributed by atoms with Gasteiger partial charge < -0.3 is 9.52 Å². The highest BCUT2D eigenvalue weighted by Gasteiger charge is 2.39. The number of imide groups is 1. The zero-order valence-corrected chi connectivity index (χ0v) is 9.81. The van der Waals surface area contributed by atoms with Crippen LogP contribution < -0.4 is 9.80 Å². The molecule has 0 unspecified atom stereocenters. The van der Waals surface area contributed by atoms with Crippen molar-refractivity contribution in [3.63, 3.8) is 0 Å². The van der Waals surface area contributed by atoms with Crippen LogP contribution in [0, 0.1) is 0 Å². The molecule has 1 N–H and O–H groups in total. The molecule has 0 bridgehead atoms. The fraction of sp³-hybridized carbons (Fsp3) is 0.0769. The molecule has 0 atom stereocenters. The van der Waals surface area contributed by atoms with Crippen LogP contribution in [0.15, 0.2) is 47.1 Å². The molecule has 1 fully saturated rings. The van der Waals surface area contributed by atoms with Crippen molar-refractivity contribution in [2.45, 2.75) is 0 Å². The molecule has 1 aromatic carbocycles. The lowest BCUT2D eigenvalue weighted by Crippen LogP contribution is -2.32. The predicted molar refractivity (Wildman–Crippen MR) is 67.0 cm³/mol. The van der Waals surface area contributed by atoms with Crippen molar-refractivity contribution in [3.8, 4) is 5.75 Å². The maximum Gasteiger partial charge on any atom is 0.338 e. The van der Waals surface area contributed by atoms with Gasteiger partial charge in [-0.05, 0) is 18.2 Å². The highest BCUT2D eigenvalue weighted by Crippen LogP contribution is 2.27. The average molecular weight is 258 g/mol. The fourth-order valence-electron chi connectivity index (χ4n) is 1.98. The molecule has 1 aliphatic rings. The zero-order valence-electron chi connectivity index (χ0n) is 9.81. The van der Waals surface area contributed by atoms with E-state index in [1.165, 1.54) is 23.3 Å². The zero-order chi connectivity index (χ0) is 13.4. The van der Waals surface area contributed by atoms with E-state index in [9.17, 15) is 14.7 Å². The molecular formula is C13H10N2O4. The van der Waals surface area contributed by atoms with Gasteiger partial charge in [0.1, 0.15) is 12.3 Å². The fourth-order valence-corrected chi connectivity index (χ4v) is 1.98. The number of phenolic OH excluding ortho intramolecular Hbond substituents is 1. The summed E-state index contributed by atoms with van der Waals surface area (Å²) in [5, 5.41) is 9.42. The van der Waals surface area contributed by atoms with E-state index in [2.05, 4.69) is 0 Å². The summed E-state index contributed by atoms with van der Waals surface area (Å²) < 4.78 is 5.07. The normalized spacial score (nSPS) is 15.4. The number of benzene rings is 1. The third kappa shape index (κ3) is 1.83. The summed E-state index contributed by atoms with van der Waals surface area (Å²) in [4.78, 5) is 26.4. The van der Waals surface area contributed by atoms with Crippen LogP contribution in [0.4, 0.5) is 16.4 Å². The molecule has 1 aromatic heterocycles. The molecule has 0 aliphatic carbocycles. The van der Waals surface area contributed by atoms with Crippen LogP contribution in [0.5, 0.6) is 5.75 Å². The van der Waals surface area contributed by atoms with E-state index in [0.717, 1.165) is 4.90 Å². The van der Waals surface area contributed by atoms with E-state index in [4.69, 9.17) is 4.42 Å². The van der Waals surface area contributed by atoms with Crippen molar-refractivity contribution < 1.29 is 19.1 Å². The number of urea groups is 1. The van der Waals surface area contributed by atoms with Crippen molar-refractivity contribution in [1.29, 1.82) is 0 Å². The number of nitrogens with zero attached hydrogens (tertiary/aromatic N) is 2. The van der Waals surface area contributed by atoms with E-state index in [-0.39, 0.29) is 24.1 Å². The summed E-state index contributed by atoms with van der Waals surface area (Å²) in [5.74, 6) is -0.143. The highest BCUT2D eigenvalue weighted by atomic mass is 16.4. The van der Waals surface area contributed by atoms with Gasteiger partial charge in [-0.2, -0.15) is 4.90 Å². The lowest BCUT2D eigenvalue weighted by Gasteiger charge is -2.15. The Bertz CT molecular complexity index is 636. The number of carbonyl (C=O) groups excluding carboxylic acids is 2. The van der Waals surface area contributed by atoms with Crippen LogP contribution in [0.2, 0.25) is 0 Å². The van der Waals surface area contributed by atoms with Crippen molar-refractivity contribution in [1.82, 2.24) is 0 Å². The molecule has 96 valence electrons. The standard InChI is InChI=1S/C13H10N2O4/c16-10-4-1-3-9(7-10)14-8-11(17)15(13(14)18)12-5-2-6-19-12/h1-7,16H,8H2. The van der Waals surface area contributed by atoms with Crippen LogP contribution in [0.1, 0.15) is 0 Å². The maximum absolute atomic E-state index is 12.2. The largest absolute Gasteiger partial charge is 0.508 e. The Balaban J connectivity index is 1.95. The first-order valence-electron chi connectivity index (χ1n) is 5.64. The number of furan rings is 1. The van der Waals surface area contributed by atoms with E-state index in [0.29, 0.717) is 5.69 Å². The monoisotopic (exact) mass is 258 g/mol. The van der Waals surface area contributed by atoms with Gasteiger partial charge in [0.05, 0.1) is 6.26 Å². The molecule has 1 aliphatic heterocycles. The average Bonchev–Trinajstić information content (AvgIpc) is 2.98. The predicted octanol–water partition coefficient (Wildman–Crippen LogP) is 1.96. The molecule has 6 heteroatoms. The van der Waals surface area contributed by atoms with Gasteiger partial charge in [0, 0.05) is 17.8 Å². The minimum atomic E-state index is -0.495. The van der Waals surface area contributed by atoms with Gasteiger partial charge in [0.15, 0.2) is 0 Å². The lowest BCUT2D eigenvalue weighted by molar-refractivity contribution is -0.115. The van der Waals surface area contributed by atoms with Crippen LogP contribution in [-0.2, 0) is 4.79 Å². The summed E-state index contributed by atoms with van der Waals surface area (Å²) >= 11 is 0. The molecule has 6 nitrogen and oxygen atoms in total. The molecular weight excluding hydrogens is 248 g/mol. The second kappa shape index (κ2) is 4.16. The molecule has 2 heterocycles. The summed E-state index contributed by atoms with van der Waals surface area (Å²) in [6.07, 6.45) is 1.40. The minimum absolute atomic E-state index is 0.0363. The molecule has 0 spiro atoms. The third-order valence-electron chi connectivity index (χ3n) is 2.83. The molecule has 3 rings (SSSR count). The summed E-state index contributed by atoms with van der Waals surface area (Å²) in [6, 6.07) is 8.83. The number of phenols is 1. The number of hydrogen-bond acceptors (Lipinski definition) is 4. The van der Waals surface area contributed by atoms with Gasteiger partial charge in [-0.15, -0.1) is 0 Å². The number of hydrogen-bond donors (Lipinski definition) is 1. The van der Waals surface area contributed by atoms with Gasteiger partial charge in [-0.3, -0.25) is 9.69 Å². The van der Waals surface area contributed by atoms with Crippen molar-refractivity contribution in [2.24, 2.45) is 0 Å². The van der Waals surface area contributed by atoms with Gasteiger partial charge in [-0.1, -0.05) is 6.07 Å². The van der Waals surface area contributed by atoms with E-state index < -0.39 is 6.03 Å². The second-order valence-electron chi connectivity index (χ2n) is 4.07. The Morgan fingerprint density at radius 1 is 1.16 bits per heavy atom. The highest BCUT2D eigenvalue weighted by molar-refractivity contribution is 6.26. The number of carbonyl (C=O) groups is 2. The van der Waals surface area contributed by atoms with Crippen molar-refractivity contribution in [3.05, 3.63) is 42.7 Å². The minimum Gasteiger partial charge on any atom is -0.508 e. The number of anilines is 2. The van der Waals surface area contributed by atoms with Gasteiger partial charge in [0.25, 0.3) is 5.91 Å². The molecule has 0 radical (unpaired) electrons. The van der Waals surface area contributed by atoms with E-state index in [1.54, 1.807) is 24.3 Å². The van der Waals surface area contributed by atoms with Crippen LogP contribution in [-0.4, -0.2) is 23.6 Å².